The van der Waals surface area contributed by atoms with E-state index in [4.69, 9.17) is 0 Å². The predicted molar refractivity (Wildman–Crippen MR) is 100 cm³/mol. The van der Waals surface area contributed by atoms with Crippen LogP contribution in [-0.4, -0.2) is 26.6 Å². The highest BCUT2D eigenvalue weighted by Crippen LogP contribution is 2.24. The topological polar surface area (TPSA) is 67.7 Å². The van der Waals surface area contributed by atoms with Crippen molar-refractivity contribution in [2.45, 2.75) is 6.54 Å². The van der Waals surface area contributed by atoms with Crippen LogP contribution in [0.1, 0.15) is 5.56 Å². The van der Waals surface area contributed by atoms with Crippen molar-refractivity contribution >= 4 is 28.5 Å². The van der Waals surface area contributed by atoms with E-state index in [1.165, 1.54) is 12.1 Å². The van der Waals surface area contributed by atoms with Gasteiger partial charge in [0, 0.05) is 31.2 Å². The molecule has 0 bridgehead atoms. The van der Waals surface area contributed by atoms with E-state index in [0.717, 1.165) is 28.2 Å². The summed E-state index contributed by atoms with van der Waals surface area (Å²) in [5.74, 6) is 1.15. The molecule has 3 aromatic heterocycles. The minimum Gasteiger partial charge on any atom is -0.359 e. The Morgan fingerprint density at radius 2 is 1.96 bits per heavy atom. The number of anilines is 3. The van der Waals surface area contributed by atoms with E-state index in [1.807, 2.05) is 31.4 Å². The van der Waals surface area contributed by atoms with Gasteiger partial charge in [-0.05, 0) is 35.9 Å². The highest BCUT2D eigenvalue weighted by Gasteiger charge is 2.12. The van der Waals surface area contributed by atoms with Crippen LogP contribution in [0.2, 0.25) is 0 Å². The van der Waals surface area contributed by atoms with E-state index in [2.05, 4.69) is 30.2 Å². The Bertz CT molecular complexity index is 1030. The van der Waals surface area contributed by atoms with Gasteiger partial charge in [-0.25, -0.2) is 14.4 Å². The second kappa shape index (κ2) is 6.79. The first kappa shape index (κ1) is 16.0. The Morgan fingerprint density at radius 1 is 1.12 bits per heavy atom. The zero-order chi connectivity index (χ0) is 17.9. The van der Waals surface area contributed by atoms with E-state index in [-0.39, 0.29) is 5.82 Å². The second-order valence-electron chi connectivity index (χ2n) is 5.82. The molecule has 0 spiro atoms. The van der Waals surface area contributed by atoms with Gasteiger partial charge in [0.05, 0.1) is 18.3 Å². The van der Waals surface area contributed by atoms with E-state index in [0.29, 0.717) is 12.4 Å². The van der Waals surface area contributed by atoms with Gasteiger partial charge in [-0.2, -0.15) is 0 Å². The molecule has 0 aliphatic rings. The van der Waals surface area contributed by atoms with Crippen molar-refractivity contribution in [2.24, 2.45) is 0 Å². The van der Waals surface area contributed by atoms with Crippen LogP contribution in [0.25, 0.3) is 11.0 Å². The number of hydrogen-bond acceptors (Lipinski definition) is 5. The third kappa shape index (κ3) is 3.19. The van der Waals surface area contributed by atoms with Gasteiger partial charge in [0.2, 0.25) is 5.95 Å². The first-order chi connectivity index (χ1) is 12.7. The van der Waals surface area contributed by atoms with Crippen molar-refractivity contribution in [1.82, 2.24) is 19.5 Å². The van der Waals surface area contributed by atoms with E-state index >= 15 is 0 Å². The molecule has 130 valence electrons. The van der Waals surface area contributed by atoms with Gasteiger partial charge in [-0.15, -0.1) is 0 Å². The maximum atomic E-state index is 13.1. The molecule has 0 saturated heterocycles. The van der Waals surface area contributed by atoms with Gasteiger partial charge in [-0.3, -0.25) is 4.98 Å². The molecule has 4 aromatic rings. The zero-order valence-corrected chi connectivity index (χ0v) is 14.1. The normalized spacial score (nSPS) is 10.8. The quantitative estimate of drug-likeness (QED) is 0.574. The molecule has 0 aliphatic carbocycles. The Labute approximate surface area is 149 Å². The molecule has 6 nitrogen and oxygen atoms in total. The largest absolute Gasteiger partial charge is 0.359 e. The molecule has 0 fully saturated rings. The lowest BCUT2D eigenvalue weighted by Gasteiger charge is -2.10. The van der Waals surface area contributed by atoms with Crippen molar-refractivity contribution in [2.75, 3.05) is 17.7 Å². The van der Waals surface area contributed by atoms with E-state index in [1.54, 1.807) is 24.5 Å². The van der Waals surface area contributed by atoms with E-state index in [9.17, 15) is 4.39 Å². The van der Waals surface area contributed by atoms with Crippen molar-refractivity contribution in [1.29, 1.82) is 0 Å². The number of nitrogens with zero attached hydrogens (tertiary/aromatic N) is 4. The summed E-state index contributed by atoms with van der Waals surface area (Å²) in [6, 6.07) is 12.0. The molecule has 0 radical (unpaired) electrons. The Kier molecular flexibility index (Phi) is 4.18. The first-order valence-electron chi connectivity index (χ1n) is 8.18. The Balaban J connectivity index is 1.71. The molecule has 7 heteroatoms. The number of hydrogen-bond donors (Lipinski definition) is 2. The van der Waals surface area contributed by atoms with Crippen LogP contribution < -0.4 is 10.6 Å². The van der Waals surface area contributed by atoms with Crippen LogP contribution in [0.3, 0.4) is 0 Å². The number of benzene rings is 1. The third-order valence-corrected chi connectivity index (χ3v) is 4.04. The molecule has 0 amide bonds. The average molecular weight is 348 g/mol. The van der Waals surface area contributed by atoms with Gasteiger partial charge in [0.1, 0.15) is 17.2 Å². The number of nitrogens with one attached hydrogen (secondary N) is 2. The zero-order valence-electron chi connectivity index (χ0n) is 14.1. The van der Waals surface area contributed by atoms with Gasteiger partial charge in [0.15, 0.2) is 0 Å². The summed E-state index contributed by atoms with van der Waals surface area (Å²) in [7, 11) is 1.84. The fourth-order valence-corrected chi connectivity index (χ4v) is 2.80. The second-order valence-corrected chi connectivity index (χ2v) is 5.82. The fourth-order valence-electron chi connectivity index (χ4n) is 2.80. The third-order valence-electron chi connectivity index (χ3n) is 4.04. The van der Waals surface area contributed by atoms with Crippen LogP contribution in [0, 0.1) is 5.82 Å². The summed E-state index contributed by atoms with van der Waals surface area (Å²) in [5, 5.41) is 6.31. The summed E-state index contributed by atoms with van der Waals surface area (Å²) in [6.07, 6.45) is 5.31. The fraction of sp³-hybridized carbons (Fsp3) is 0.105. The summed E-state index contributed by atoms with van der Waals surface area (Å²) >= 11 is 0. The maximum absolute atomic E-state index is 13.1. The highest BCUT2D eigenvalue weighted by atomic mass is 19.1. The average Bonchev–Trinajstić information content (AvgIpc) is 3.01. The molecule has 0 unspecified atom stereocenters. The van der Waals surface area contributed by atoms with Crippen molar-refractivity contribution in [3.63, 3.8) is 0 Å². The highest BCUT2D eigenvalue weighted by molar-refractivity contribution is 5.81. The minimum atomic E-state index is -0.271. The smallest absolute Gasteiger partial charge is 0.203 e. The molecule has 3 heterocycles. The van der Waals surface area contributed by atoms with Gasteiger partial charge >= 0.3 is 0 Å². The molecular formula is C19H17FN6. The summed E-state index contributed by atoms with van der Waals surface area (Å²) in [6.45, 7) is 0.639. The SMILES string of the molecule is CNc1nc2cnc(Nc3ccc(F)cc3)cc2n1Cc1cccnc1. The Hall–Kier alpha value is -3.48. The lowest BCUT2D eigenvalue weighted by atomic mass is 10.2. The van der Waals surface area contributed by atoms with Gasteiger partial charge in [0.25, 0.3) is 0 Å². The Morgan fingerprint density at radius 3 is 2.69 bits per heavy atom. The minimum absolute atomic E-state index is 0.271. The number of halogens is 1. The molecule has 0 saturated carbocycles. The lowest BCUT2D eigenvalue weighted by molar-refractivity contribution is 0.628. The molecule has 0 atom stereocenters. The molecule has 2 N–H and O–H groups in total. The summed E-state index contributed by atoms with van der Waals surface area (Å²) in [4.78, 5) is 13.2. The maximum Gasteiger partial charge on any atom is 0.203 e. The number of pyridine rings is 2. The molecule has 26 heavy (non-hydrogen) atoms. The predicted octanol–water partition coefficient (Wildman–Crippen LogP) is 3.80. The van der Waals surface area contributed by atoms with Crippen LogP contribution in [0.15, 0.2) is 61.1 Å². The first-order valence-corrected chi connectivity index (χ1v) is 8.18. The lowest BCUT2D eigenvalue weighted by Crippen LogP contribution is -2.05. The monoisotopic (exact) mass is 348 g/mol. The molecule has 4 rings (SSSR count). The number of aromatic nitrogens is 4. The van der Waals surface area contributed by atoms with Gasteiger partial charge in [-0.1, -0.05) is 6.07 Å². The molecular weight excluding hydrogens is 331 g/mol. The van der Waals surface area contributed by atoms with Crippen molar-refractivity contribution < 1.29 is 4.39 Å². The standard InChI is InChI=1S/C19H17FN6/c1-21-19-25-16-11-23-18(24-15-6-4-14(20)5-7-15)9-17(16)26(19)12-13-3-2-8-22-10-13/h2-11H,12H2,1H3,(H,21,25)(H,23,24). The van der Waals surface area contributed by atoms with Crippen LogP contribution in [0.5, 0.6) is 0 Å². The van der Waals surface area contributed by atoms with E-state index < -0.39 is 0 Å². The van der Waals surface area contributed by atoms with Crippen LogP contribution in [-0.2, 0) is 6.54 Å². The summed E-state index contributed by atoms with van der Waals surface area (Å²) < 4.78 is 15.1. The van der Waals surface area contributed by atoms with Crippen molar-refractivity contribution in [3.05, 3.63) is 72.4 Å². The van der Waals surface area contributed by atoms with Crippen molar-refractivity contribution in [3.8, 4) is 0 Å². The van der Waals surface area contributed by atoms with Crippen LogP contribution >= 0.6 is 0 Å². The number of rotatable bonds is 5. The molecule has 1 aromatic carbocycles. The summed E-state index contributed by atoms with van der Waals surface area (Å²) in [5.41, 5.74) is 3.58. The van der Waals surface area contributed by atoms with Crippen LogP contribution in [0.4, 0.5) is 21.8 Å². The number of imidazole rings is 1. The van der Waals surface area contributed by atoms with Gasteiger partial charge < -0.3 is 15.2 Å². The number of fused-ring (bicyclic) bond motifs is 1. The molecule has 0 aliphatic heterocycles.